The van der Waals surface area contributed by atoms with Crippen molar-refractivity contribution in [3.8, 4) is 45.3 Å². The van der Waals surface area contributed by atoms with E-state index in [0.717, 1.165) is 57.6 Å². The van der Waals surface area contributed by atoms with Crippen LogP contribution in [0, 0.1) is 0 Å². The summed E-state index contributed by atoms with van der Waals surface area (Å²) in [5.41, 5.74) is 23.6. The number of nitrogens with zero attached hydrogens (tertiary/aromatic N) is 6. The molecule has 0 radical (unpaired) electrons. The minimum Gasteiger partial charge on any atom is -0.545 e. The quantitative estimate of drug-likeness (QED) is 0.0907. The second-order valence-electron chi connectivity index (χ2n) is 25.2. The van der Waals surface area contributed by atoms with Gasteiger partial charge < -0.3 is 37.0 Å². The average Bonchev–Trinajstić information content (AvgIpc) is 1.56. The molecule has 0 aliphatic heterocycles. The van der Waals surface area contributed by atoms with E-state index in [4.69, 9.17) is 12.3 Å². The van der Waals surface area contributed by atoms with Crippen molar-refractivity contribution in [1.82, 2.24) is 27.4 Å². The van der Waals surface area contributed by atoms with Gasteiger partial charge in [-0.25, -0.2) is 0 Å². The normalized spacial score (nSPS) is 11.7. The third-order valence-electron chi connectivity index (χ3n) is 20.1. The van der Waals surface area contributed by atoms with Crippen LogP contribution in [0.1, 0.15) is 2.74 Å². The van der Waals surface area contributed by atoms with Crippen molar-refractivity contribution in [2.75, 3.05) is 0 Å². The van der Waals surface area contributed by atoms with Gasteiger partial charge in [-0.1, -0.05) is 231 Å². The first-order valence-electron chi connectivity index (χ1n) is 34.5. The molecule has 0 saturated heterocycles. The van der Waals surface area contributed by atoms with E-state index in [-0.39, 0.29) is 16.5 Å². The van der Waals surface area contributed by atoms with Crippen LogP contribution >= 0.6 is 15.9 Å². The van der Waals surface area contributed by atoms with Gasteiger partial charge in [0.05, 0.1) is 83.3 Å². The van der Waals surface area contributed by atoms with Gasteiger partial charge in [0.2, 0.25) is 0 Å². The molecular formula is C92H59BrN6NiO2. The molecule has 0 aliphatic carbocycles. The Bertz CT molecular complexity index is 6630. The molecular weight excluding hydrogens is 1360 g/mol. The summed E-state index contributed by atoms with van der Waals surface area (Å²) in [7, 11) is 0. The number of fused-ring (bicyclic) bond motifs is 21. The molecule has 6 heterocycles. The number of rotatable bonds is 7. The topological polar surface area (TPSA) is 63.7 Å². The van der Waals surface area contributed by atoms with Crippen LogP contribution < -0.4 is 0 Å². The Balaban J connectivity index is 0.000000168. The zero-order chi connectivity index (χ0) is 69.2. The van der Waals surface area contributed by atoms with Gasteiger partial charge in [-0.15, -0.1) is 0 Å². The molecule has 0 aliphatic rings. The van der Waals surface area contributed by atoms with E-state index < -0.39 is 0 Å². The Morgan fingerprint density at radius 2 is 0.461 bits per heavy atom. The van der Waals surface area contributed by atoms with Crippen molar-refractivity contribution in [3.05, 3.63) is 350 Å². The van der Waals surface area contributed by atoms with Crippen LogP contribution in [0.25, 0.3) is 176 Å². The smallest absolute Gasteiger partial charge is 0.545 e. The molecule has 21 rings (SSSR count). The van der Waals surface area contributed by atoms with Crippen LogP contribution in [0.15, 0.2) is 350 Å². The molecule has 0 N–H and O–H groups in total. The van der Waals surface area contributed by atoms with E-state index in [9.17, 15) is 0 Å². The van der Waals surface area contributed by atoms with Crippen molar-refractivity contribution < 1.29 is 28.8 Å². The Morgan fingerprint density at radius 3 is 0.775 bits per heavy atom. The number of halogens is 1. The molecule has 0 fully saturated rings. The van der Waals surface area contributed by atoms with Crippen LogP contribution in [0.3, 0.4) is 0 Å². The Labute approximate surface area is 607 Å². The Hall–Kier alpha value is -12.6. The van der Waals surface area contributed by atoms with Crippen LogP contribution in [0.5, 0.6) is 0 Å². The predicted octanol–water partition coefficient (Wildman–Crippen LogP) is 23.8. The summed E-state index contributed by atoms with van der Waals surface area (Å²) in [5, 5.41) is 15.0. The summed E-state index contributed by atoms with van der Waals surface area (Å²) in [6, 6.07) is 126. The molecule has 8 nitrogen and oxygen atoms in total. The van der Waals surface area contributed by atoms with Gasteiger partial charge in [0.1, 0.15) is 0 Å². The predicted molar refractivity (Wildman–Crippen MR) is 426 cm³/mol. The first-order chi connectivity index (χ1) is 51.0. The van der Waals surface area contributed by atoms with Crippen molar-refractivity contribution in [3.63, 3.8) is 0 Å². The average molecular weight is 1420 g/mol. The molecule has 0 spiro atoms. The summed E-state index contributed by atoms with van der Waals surface area (Å²) in [4.78, 5) is 16.7. The van der Waals surface area contributed by atoms with Crippen molar-refractivity contribution in [2.24, 2.45) is 0 Å². The molecule has 21 aromatic rings. The second-order valence-corrected chi connectivity index (χ2v) is 26.0. The fourth-order valence-corrected chi connectivity index (χ4v) is 16.7. The summed E-state index contributed by atoms with van der Waals surface area (Å²) in [5.74, 6) is 0. The van der Waals surface area contributed by atoms with Crippen LogP contribution in [-0.4, -0.2) is 40.9 Å². The Morgan fingerprint density at radius 1 is 0.225 bits per heavy atom. The molecule has 0 bridgehead atoms. The van der Waals surface area contributed by atoms with Crippen molar-refractivity contribution in [1.29, 1.82) is 0 Å². The standard InChI is InChI=1S/C60H38N4.C30H19BrN2.2CHO.Ni/c1-3-19-39(20-4-1)61-53-33-17-11-27-47(53)57-55(61)37-35-45-43-25-9-15-31-51(43)63(59(45)57)49-29-13-7-23-41(49)42-24-8-14-30-50(42)64-52-32-16-10-26-44(52)46-36-38-56-58(60(46)64)48-28-12-18-34-54(48)62(56)40-21-5-2-6-22-40;31-24-14-6-9-17-27(24)33-25-15-7-4-12-21(25)22-18-19-28-29(30(22)33)23-13-5-8-16-26(23)32(28)20-10-2-1-3-11-20;2*1-2;/h1-38H;1-19H;2*1H;/q;;2*-1;+2/i;;2*1D;. The largest absolute Gasteiger partial charge is 2.00 e. The molecule has 486 valence electrons. The maximum absolute atomic E-state index is 8.35. The molecule has 10 heteroatoms. The van der Waals surface area contributed by atoms with Crippen molar-refractivity contribution >= 4 is 160 Å². The van der Waals surface area contributed by atoms with E-state index in [0.29, 0.717) is 0 Å². The van der Waals surface area contributed by atoms with Gasteiger partial charge in [-0.3, -0.25) is 13.5 Å². The minimum atomic E-state index is 0. The van der Waals surface area contributed by atoms with Gasteiger partial charge in [-0.05, 0) is 131 Å². The second kappa shape index (κ2) is 25.9. The van der Waals surface area contributed by atoms with Crippen molar-refractivity contribution in [2.45, 2.75) is 0 Å². The van der Waals surface area contributed by atoms with Gasteiger partial charge in [0, 0.05) is 97.3 Å². The number of hydrogen-bond acceptors (Lipinski definition) is 2. The Kier molecular flexibility index (Phi) is 15.4. The SMILES string of the molecule is Brc1ccccc1-n1c2ccccc2c2ccc3c(c4ccccc4n3-c3ccccc3)c21.[2H][C-]=O.[2H][C-]=O.[Ni+2].c1ccc(-n2c3ccccc3c3c2ccc2c4ccccc4n(-c4ccccc4-c4ccccc4-n4c5ccccc5c5ccc6c(c7ccccc7n6-c6ccccc6)c54)c23)cc1. The first-order valence-corrected chi connectivity index (χ1v) is 34.3. The third kappa shape index (κ3) is 9.55. The van der Waals surface area contributed by atoms with Gasteiger partial charge in [-0.2, -0.15) is 2.74 Å². The molecule has 0 atom stereocenters. The molecule has 102 heavy (non-hydrogen) atoms. The summed E-state index contributed by atoms with van der Waals surface area (Å²) < 4.78 is 26.6. The maximum Gasteiger partial charge on any atom is 2.00 e. The van der Waals surface area contributed by atoms with E-state index in [1.54, 1.807) is 0 Å². The molecule has 6 aromatic heterocycles. The summed E-state index contributed by atoms with van der Waals surface area (Å²) >= 11 is 3.82. The molecule has 0 saturated carbocycles. The minimum absolute atomic E-state index is 0. The van der Waals surface area contributed by atoms with Gasteiger partial charge in [0.15, 0.2) is 0 Å². The zero-order valence-electron chi connectivity index (χ0n) is 56.6. The number of benzene rings is 15. The van der Waals surface area contributed by atoms with E-state index in [1.165, 1.54) is 137 Å². The molecule has 0 unspecified atom stereocenters. The van der Waals surface area contributed by atoms with Crippen LogP contribution in [-0.2, 0) is 26.1 Å². The molecule has 0 amide bonds. The first kappa shape index (κ1) is 60.6. The van der Waals surface area contributed by atoms with E-state index in [1.807, 2.05) is 0 Å². The maximum atomic E-state index is 8.35. The number of carbonyl (C=O) groups excluding carboxylic acids is 2. The fourth-order valence-electron chi connectivity index (χ4n) is 16.3. The van der Waals surface area contributed by atoms with Gasteiger partial charge >= 0.3 is 16.5 Å². The van der Waals surface area contributed by atoms with Crippen LogP contribution in [0.2, 0.25) is 0 Å². The monoisotopic (exact) mass is 1420 g/mol. The van der Waals surface area contributed by atoms with Crippen LogP contribution in [0.4, 0.5) is 0 Å². The molecule has 15 aromatic carbocycles. The zero-order valence-corrected chi connectivity index (χ0v) is 57.2. The summed E-state index contributed by atoms with van der Waals surface area (Å²) in [6.07, 6.45) is 0. The number of hydrogen-bond donors (Lipinski definition) is 0. The fraction of sp³-hybridized carbons (Fsp3) is 0. The van der Waals surface area contributed by atoms with E-state index >= 15 is 0 Å². The summed E-state index contributed by atoms with van der Waals surface area (Å²) in [6.45, 7) is 1.50. The van der Waals surface area contributed by atoms with Gasteiger partial charge in [0.25, 0.3) is 0 Å². The van der Waals surface area contributed by atoms with E-state index in [2.05, 4.69) is 389 Å². The number of para-hydroxylation sites is 12. The number of aromatic nitrogens is 6. The third-order valence-corrected chi connectivity index (χ3v) is 20.8.